The van der Waals surface area contributed by atoms with Crippen LogP contribution in [0.15, 0.2) is 24.3 Å². The summed E-state index contributed by atoms with van der Waals surface area (Å²) in [5, 5.41) is 18.0. The first-order valence-electron chi connectivity index (χ1n) is 5.27. The first kappa shape index (κ1) is 11.7. The van der Waals surface area contributed by atoms with E-state index >= 15 is 0 Å². The van der Waals surface area contributed by atoms with Crippen LogP contribution >= 0.6 is 0 Å². The largest absolute Gasteiger partial charge is 0.387 e. The van der Waals surface area contributed by atoms with Crippen LogP contribution < -0.4 is 0 Å². The number of hydrogen-bond donors (Lipinski definition) is 1. The number of nitriles is 1. The molecule has 1 atom stereocenters. The van der Waals surface area contributed by atoms with Crippen LogP contribution in [0.5, 0.6) is 0 Å². The molecular weight excluding hydrogens is 186 g/mol. The highest BCUT2D eigenvalue weighted by atomic mass is 16.3. The Labute approximate surface area is 91.2 Å². The molecule has 2 nitrogen and oxygen atoms in total. The number of benzene rings is 1. The molecule has 0 radical (unpaired) electrons. The van der Waals surface area contributed by atoms with E-state index in [9.17, 15) is 5.11 Å². The molecule has 0 saturated heterocycles. The number of rotatable bonds is 4. The minimum Gasteiger partial charge on any atom is -0.387 e. The molecule has 0 fully saturated rings. The lowest BCUT2D eigenvalue weighted by Crippen LogP contribution is -1.98. The van der Waals surface area contributed by atoms with Crippen LogP contribution in [-0.4, -0.2) is 5.11 Å². The zero-order valence-corrected chi connectivity index (χ0v) is 9.27. The second kappa shape index (κ2) is 5.53. The molecule has 15 heavy (non-hydrogen) atoms. The highest BCUT2D eigenvalue weighted by Gasteiger charge is 2.06. The van der Waals surface area contributed by atoms with E-state index in [1.807, 2.05) is 30.3 Å². The third-order valence-corrected chi connectivity index (χ3v) is 2.29. The third-order valence-electron chi connectivity index (χ3n) is 2.29. The maximum absolute atomic E-state index is 9.57. The molecule has 0 aliphatic heterocycles. The van der Waals surface area contributed by atoms with Gasteiger partial charge in [0.1, 0.15) is 0 Å². The smallest absolute Gasteiger partial charge is 0.0919 e. The Morgan fingerprint density at radius 2 is 1.87 bits per heavy atom. The van der Waals surface area contributed by atoms with Crippen LogP contribution in [0.1, 0.15) is 37.5 Å². The van der Waals surface area contributed by atoms with Crippen LogP contribution in [0.25, 0.3) is 0 Å². The Balaban J connectivity index is 2.68. The Kier molecular flexibility index (Phi) is 4.33. The van der Waals surface area contributed by atoms with Crippen molar-refractivity contribution in [3.05, 3.63) is 35.4 Å². The molecule has 0 aliphatic rings. The molecule has 0 amide bonds. The van der Waals surface area contributed by atoms with Gasteiger partial charge in [-0.3, -0.25) is 0 Å². The molecule has 0 spiro atoms. The Morgan fingerprint density at radius 1 is 1.27 bits per heavy atom. The van der Waals surface area contributed by atoms with Crippen LogP contribution in [0.4, 0.5) is 0 Å². The SMILES string of the molecule is CC(C)Cc1ccc(C(O)CC#N)cc1. The van der Waals surface area contributed by atoms with Crippen molar-refractivity contribution in [2.45, 2.75) is 32.8 Å². The van der Waals surface area contributed by atoms with Gasteiger partial charge in [-0.1, -0.05) is 38.1 Å². The van der Waals surface area contributed by atoms with Gasteiger partial charge in [0.15, 0.2) is 0 Å². The van der Waals surface area contributed by atoms with Crippen molar-refractivity contribution in [1.82, 2.24) is 0 Å². The second-order valence-electron chi connectivity index (χ2n) is 4.22. The van der Waals surface area contributed by atoms with E-state index in [-0.39, 0.29) is 6.42 Å². The van der Waals surface area contributed by atoms with E-state index in [2.05, 4.69) is 13.8 Å². The maximum Gasteiger partial charge on any atom is 0.0919 e. The molecule has 1 unspecified atom stereocenters. The molecule has 2 heteroatoms. The quantitative estimate of drug-likeness (QED) is 0.817. The first-order chi connectivity index (χ1) is 7.13. The molecule has 0 aromatic heterocycles. The molecule has 0 saturated carbocycles. The standard InChI is InChI=1S/C13H17NO/c1-10(2)9-11-3-5-12(6-4-11)13(15)7-8-14/h3-6,10,13,15H,7,9H2,1-2H3. The lowest BCUT2D eigenvalue weighted by molar-refractivity contribution is 0.183. The zero-order valence-electron chi connectivity index (χ0n) is 9.27. The molecule has 0 heterocycles. The van der Waals surface area contributed by atoms with Gasteiger partial charge in [-0.15, -0.1) is 0 Å². The third kappa shape index (κ3) is 3.73. The summed E-state index contributed by atoms with van der Waals surface area (Å²) >= 11 is 0. The molecule has 1 rings (SSSR count). The van der Waals surface area contributed by atoms with E-state index in [1.54, 1.807) is 0 Å². The monoisotopic (exact) mass is 203 g/mol. The lowest BCUT2D eigenvalue weighted by Gasteiger charge is -2.09. The fourth-order valence-corrected chi connectivity index (χ4v) is 1.55. The molecule has 1 N–H and O–H groups in total. The van der Waals surface area contributed by atoms with E-state index in [1.165, 1.54) is 5.56 Å². The second-order valence-corrected chi connectivity index (χ2v) is 4.22. The van der Waals surface area contributed by atoms with Crippen LogP contribution in [0.3, 0.4) is 0 Å². The van der Waals surface area contributed by atoms with Crippen LogP contribution in [-0.2, 0) is 6.42 Å². The Hall–Kier alpha value is -1.33. The summed E-state index contributed by atoms with van der Waals surface area (Å²) in [5.41, 5.74) is 2.10. The minimum atomic E-state index is -0.650. The van der Waals surface area contributed by atoms with Gasteiger partial charge in [0.2, 0.25) is 0 Å². The molecular formula is C13H17NO. The number of aliphatic hydroxyl groups excluding tert-OH is 1. The molecule has 0 bridgehead atoms. The van der Waals surface area contributed by atoms with Crippen LogP contribution in [0, 0.1) is 17.2 Å². The van der Waals surface area contributed by atoms with E-state index < -0.39 is 6.10 Å². The van der Waals surface area contributed by atoms with Gasteiger partial charge >= 0.3 is 0 Å². The summed E-state index contributed by atoms with van der Waals surface area (Å²) in [7, 11) is 0. The number of hydrogen-bond acceptors (Lipinski definition) is 2. The zero-order chi connectivity index (χ0) is 11.3. The van der Waals surface area contributed by atoms with Crippen LogP contribution in [0.2, 0.25) is 0 Å². The Bertz CT molecular complexity index is 335. The minimum absolute atomic E-state index is 0.156. The average Bonchev–Trinajstić information content (AvgIpc) is 2.18. The molecule has 80 valence electrons. The highest BCUT2D eigenvalue weighted by Crippen LogP contribution is 2.17. The van der Waals surface area contributed by atoms with Gasteiger partial charge in [0, 0.05) is 0 Å². The normalized spacial score (nSPS) is 12.5. The van der Waals surface area contributed by atoms with Gasteiger partial charge in [-0.25, -0.2) is 0 Å². The maximum atomic E-state index is 9.57. The average molecular weight is 203 g/mol. The topological polar surface area (TPSA) is 44.0 Å². The molecule has 0 aliphatic carbocycles. The first-order valence-corrected chi connectivity index (χ1v) is 5.27. The summed E-state index contributed by atoms with van der Waals surface area (Å²) in [5.74, 6) is 0.639. The fourth-order valence-electron chi connectivity index (χ4n) is 1.55. The molecule has 1 aromatic carbocycles. The van der Waals surface area contributed by atoms with Gasteiger partial charge in [0.05, 0.1) is 18.6 Å². The van der Waals surface area contributed by atoms with Crippen molar-refractivity contribution in [2.24, 2.45) is 5.92 Å². The lowest BCUT2D eigenvalue weighted by atomic mass is 9.99. The van der Waals surface area contributed by atoms with Gasteiger partial charge < -0.3 is 5.11 Å². The van der Waals surface area contributed by atoms with Gasteiger partial charge in [-0.2, -0.15) is 5.26 Å². The Morgan fingerprint density at radius 3 is 2.33 bits per heavy atom. The predicted molar refractivity (Wildman–Crippen MR) is 60.2 cm³/mol. The highest BCUT2D eigenvalue weighted by molar-refractivity contribution is 5.24. The summed E-state index contributed by atoms with van der Waals surface area (Å²) in [6, 6.07) is 9.82. The predicted octanol–water partition coefficient (Wildman–Crippen LogP) is 2.83. The molecule has 1 aromatic rings. The van der Waals surface area contributed by atoms with Crippen molar-refractivity contribution >= 4 is 0 Å². The van der Waals surface area contributed by atoms with Gasteiger partial charge in [0.25, 0.3) is 0 Å². The van der Waals surface area contributed by atoms with E-state index in [0.29, 0.717) is 5.92 Å². The van der Waals surface area contributed by atoms with Crippen molar-refractivity contribution in [2.75, 3.05) is 0 Å². The van der Waals surface area contributed by atoms with Crippen molar-refractivity contribution in [3.8, 4) is 6.07 Å². The summed E-state index contributed by atoms with van der Waals surface area (Å²) < 4.78 is 0. The fraction of sp³-hybridized carbons (Fsp3) is 0.462. The van der Waals surface area contributed by atoms with E-state index in [4.69, 9.17) is 5.26 Å². The van der Waals surface area contributed by atoms with Gasteiger partial charge in [-0.05, 0) is 23.5 Å². The van der Waals surface area contributed by atoms with E-state index in [0.717, 1.165) is 12.0 Å². The number of nitrogens with zero attached hydrogens (tertiary/aromatic N) is 1. The van der Waals surface area contributed by atoms with Crippen molar-refractivity contribution in [1.29, 1.82) is 5.26 Å². The summed E-state index contributed by atoms with van der Waals surface area (Å²) in [4.78, 5) is 0. The number of aliphatic hydroxyl groups is 1. The van der Waals surface area contributed by atoms with Crippen molar-refractivity contribution < 1.29 is 5.11 Å². The van der Waals surface area contributed by atoms with Crippen molar-refractivity contribution in [3.63, 3.8) is 0 Å². The summed E-state index contributed by atoms with van der Waals surface area (Å²) in [6.07, 6.45) is 0.557. The summed E-state index contributed by atoms with van der Waals surface area (Å²) in [6.45, 7) is 4.36.